The SMILES string of the molecule is CP(Cc1ccccc1)CC1(c2c(C=O)ccc(Br)c2F)CC1. The highest BCUT2D eigenvalue weighted by Crippen LogP contribution is 2.57. The number of hydrogen-bond donors (Lipinski definition) is 0. The van der Waals surface area contributed by atoms with Crippen LogP contribution in [0.25, 0.3) is 0 Å². The third kappa shape index (κ3) is 3.56. The molecule has 0 N–H and O–H groups in total. The molecule has 1 aliphatic rings. The lowest BCUT2D eigenvalue weighted by Crippen LogP contribution is -2.17. The van der Waals surface area contributed by atoms with Crippen molar-refractivity contribution in [1.82, 2.24) is 0 Å². The summed E-state index contributed by atoms with van der Waals surface area (Å²) in [4.78, 5) is 11.4. The molecule has 2 aromatic carbocycles. The van der Waals surface area contributed by atoms with E-state index < -0.39 is 0 Å². The predicted octanol–water partition coefficient (Wildman–Crippen LogP) is 5.74. The molecule has 1 fully saturated rings. The predicted molar refractivity (Wildman–Crippen MR) is 98.3 cm³/mol. The van der Waals surface area contributed by atoms with Crippen molar-refractivity contribution in [2.75, 3.05) is 12.8 Å². The lowest BCUT2D eigenvalue weighted by molar-refractivity contribution is 0.112. The molecule has 120 valence electrons. The van der Waals surface area contributed by atoms with E-state index in [0.29, 0.717) is 15.6 Å². The normalized spacial score (nSPS) is 16.8. The highest BCUT2D eigenvalue weighted by atomic mass is 79.9. The van der Waals surface area contributed by atoms with Gasteiger partial charge < -0.3 is 0 Å². The highest BCUT2D eigenvalue weighted by Gasteiger charge is 2.48. The monoisotopic (exact) mass is 392 g/mol. The van der Waals surface area contributed by atoms with Crippen molar-refractivity contribution >= 4 is 30.1 Å². The second-order valence-corrected chi connectivity index (χ2v) is 9.58. The molecule has 3 rings (SSSR count). The van der Waals surface area contributed by atoms with Gasteiger partial charge in [0, 0.05) is 16.5 Å². The fourth-order valence-electron chi connectivity index (χ4n) is 3.31. The molecule has 1 unspecified atom stereocenters. The number of rotatable bonds is 6. The molecule has 1 nitrogen and oxygen atoms in total. The molecule has 0 heterocycles. The van der Waals surface area contributed by atoms with Gasteiger partial charge in [-0.05, 0) is 59.4 Å². The Kier molecular flexibility index (Phi) is 4.98. The van der Waals surface area contributed by atoms with Crippen molar-refractivity contribution in [2.24, 2.45) is 0 Å². The van der Waals surface area contributed by atoms with Crippen LogP contribution in [0.2, 0.25) is 0 Å². The summed E-state index contributed by atoms with van der Waals surface area (Å²) in [5.74, 6) is -0.254. The van der Waals surface area contributed by atoms with Crippen molar-refractivity contribution in [2.45, 2.75) is 24.4 Å². The van der Waals surface area contributed by atoms with Crippen LogP contribution in [-0.4, -0.2) is 19.1 Å². The molecule has 0 aromatic heterocycles. The van der Waals surface area contributed by atoms with Crippen LogP contribution < -0.4 is 0 Å². The first kappa shape index (κ1) is 16.8. The Morgan fingerprint density at radius 1 is 1.22 bits per heavy atom. The molecule has 1 atom stereocenters. The number of benzene rings is 2. The molecular weight excluding hydrogens is 374 g/mol. The van der Waals surface area contributed by atoms with Gasteiger partial charge in [-0.3, -0.25) is 4.79 Å². The molecule has 0 radical (unpaired) electrons. The Morgan fingerprint density at radius 3 is 2.52 bits per heavy atom. The second-order valence-electron chi connectivity index (χ2n) is 6.38. The van der Waals surface area contributed by atoms with Gasteiger partial charge in [-0.25, -0.2) is 4.39 Å². The third-order valence-corrected chi connectivity index (χ3v) is 7.17. The van der Waals surface area contributed by atoms with Crippen molar-refractivity contribution in [3.63, 3.8) is 0 Å². The average Bonchev–Trinajstić information content (AvgIpc) is 3.30. The van der Waals surface area contributed by atoms with E-state index in [9.17, 15) is 9.18 Å². The Hall–Kier alpha value is -1.05. The van der Waals surface area contributed by atoms with Gasteiger partial charge in [0.25, 0.3) is 0 Å². The van der Waals surface area contributed by atoms with Crippen LogP contribution in [0, 0.1) is 5.82 Å². The van der Waals surface area contributed by atoms with Gasteiger partial charge in [-0.1, -0.05) is 36.4 Å². The van der Waals surface area contributed by atoms with Crippen LogP contribution >= 0.6 is 23.9 Å². The van der Waals surface area contributed by atoms with Gasteiger partial charge >= 0.3 is 0 Å². The summed E-state index contributed by atoms with van der Waals surface area (Å²) in [7, 11) is -0.243. The van der Waals surface area contributed by atoms with Crippen LogP contribution in [0.3, 0.4) is 0 Å². The van der Waals surface area contributed by atoms with Gasteiger partial charge in [0.1, 0.15) is 12.1 Å². The van der Waals surface area contributed by atoms with E-state index in [4.69, 9.17) is 0 Å². The van der Waals surface area contributed by atoms with Gasteiger partial charge in [-0.15, -0.1) is 7.92 Å². The van der Waals surface area contributed by atoms with Crippen LogP contribution in [0.4, 0.5) is 4.39 Å². The van der Waals surface area contributed by atoms with Gasteiger partial charge in [0.2, 0.25) is 0 Å². The summed E-state index contributed by atoms with van der Waals surface area (Å²) in [6, 6.07) is 13.8. The first-order chi connectivity index (χ1) is 11.1. The second kappa shape index (κ2) is 6.83. The number of carbonyl (C=O) groups is 1. The summed E-state index contributed by atoms with van der Waals surface area (Å²) in [6.07, 6.45) is 4.76. The van der Waals surface area contributed by atoms with Crippen LogP contribution in [-0.2, 0) is 11.6 Å². The van der Waals surface area contributed by atoms with Crippen molar-refractivity contribution in [3.8, 4) is 0 Å². The zero-order valence-corrected chi connectivity index (χ0v) is 15.5. The first-order valence-corrected chi connectivity index (χ1v) is 10.7. The number of aldehydes is 1. The molecule has 1 aliphatic carbocycles. The van der Waals surface area contributed by atoms with E-state index in [1.165, 1.54) is 5.56 Å². The summed E-state index contributed by atoms with van der Waals surface area (Å²) < 4.78 is 15.1. The van der Waals surface area contributed by atoms with Crippen molar-refractivity contribution in [3.05, 3.63) is 69.4 Å². The maximum atomic E-state index is 14.7. The number of carbonyl (C=O) groups excluding carboxylic acids is 1. The van der Waals surface area contributed by atoms with Crippen LogP contribution in [0.1, 0.15) is 34.3 Å². The van der Waals surface area contributed by atoms with Crippen LogP contribution in [0.5, 0.6) is 0 Å². The summed E-state index contributed by atoms with van der Waals surface area (Å²) in [6.45, 7) is 2.28. The summed E-state index contributed by atoms with van der Waals surface area (Å²) in [5, 5.41) is 0. The molecule has 0 aliphatic heterocycles. The van der Waals surface area contributed by atoms with Gasteiger partial charge in [0.05, 0.1) is 4.47 Å². The molecular formula is C19H19BrFOP. The Morgan fingerprint density at radius 2 is 1.91 bits per heavy atom. The molecule has 1 saturated carbocycles. The fraction of sp³-hybridized carbons (Fsp3) is 0.316. The standard InChI is InChI=1S/C19H19BrFOP/c1-23(12-14-5-3-2-4-6-14)13-19(9-10-19)17-15(11-22)7-8-16(20)18(17)21/h2-8,11H,9-10,12-13H2,1H3. The molecule has 2 aromatic rings. The molecule has 23 heavy (non-hydrogen) atoms. The smallest absolute Gasteiger partial charge is 0.150 e. The van der Waals surface area contributed by atoms with Crippen LogP contribution in [0.15, 0.2) is 46.9 Å². The van der Waals surface area contributed by atoms with Crippen molar-refractivity contribution < 1.29 is 9.18 Å². The van der Waals surface area contributed by atoms with Crippen molar-refractivity contribution in [1.29, 1.82) is 0 Å². The zero-order chi connectivity index (χ0) is 16.4. The largest absolute Gasteiger partial charge is 0.298 e. The third-order valence-electron chi connectivity index (χ3n) is 4.51. The topological polar surface area (TPSA) is 17.1 Å². The first-order valence-electron chi connectivity index (χ1n) is 7.72. The molecule has 0 amide bonds. The summed E-state index contributed by atoms with van der Waals surface area (Å²) in [5.41, 5.74) is 2.33. The van der Waals surface area contributed by atoms with E-state index in [2.05, 4.69) is 46.9 Å². The Bertz CT molecular complexity index is 713. The lowest BCUT2D eigenvalue weighted by Gasteiger charge is -2.23. The zero-order valence-electron chi connectivity index (χ0n) is 13.1. The molecule has 0 spiro atoms. The average molecular weight is 393 g/mol. The Labute approximate surface area is 146 Å². The lowest BCUT2D eigenvalue weighted by atomic mass is 9.93. The van der Waals surface area contributed by atoms with Gasteiger partial charge in [-0.2, -0.15) is 0 Å². The number of hydrogen-bond acceptors (Lipinski definition) is 1. The maximum Gasteiger partial charge on any atom is 0.150 e. The number of halogens is 2. The highest BCUT2D eigenvalue weighted by molar-refractivity contribution is 9.10. The molecule has 0 bridgehead atoms. The van der Waals surface area contributed by atoms with E-state index in [1.807, 2.05) is 6.07 Å². The maximum absolute atomic E-state index is 14.7. The quantitative estimate of drug-likeness (QED) is 0.452. The van der Waals surface area contributed by atoms with Gasteiger partial charge in [0.15, 0.2) is 0 Å². The Balaban J connectivity index is 1.83. The molecule has 0 saturated heterocycles. The minimum Gasteiger partial charge on any atom is -0.298 e. The minimum atomic E-state index is -0.254. The molecule has 4 heteroatoms. The van der Waals surface area contributed by atoms with E-state index in [1.54, 1.807) is 12.1 Å². The van der Waals surface area contributed by atoms with E-state index >= 15 is 0 Å². The fourth-order valence-corrected chi connectivity index (χ4v) is 6.09. The van der Waals surface area contributed by atoms with E-state index in [-0.39, 0.29) is 19.2 Å². The minimum absolute atomic E-state index is 0.140. The summed E-state index contributed by atoms with van der Waals surface area (Å²) >= 11 is 3.26. The van der Waals surface area contributed by atoms with E-state index in [0.717, 1.165) is 31.5 Å².